The number of nitrogens with one attached hydrogen (secondary N) is 1. The molecular formula is C17H20INO. The average molecular weight is 381 g/mol. The Kier molecular flexibility index (Phi) is 6.33. The molecule has 0 fully saturated rings. The smallest absolute Gasteiger partial charge is 0.120 e. The molecule has 0 saturated carbocycles. The number of ether oxygens (including phenoxy) is 1. The summed E-state index contributed by atoms with van der Waals surface area (Å²) in [7, 11) is 0. The van der Waals surface area contributed by atoms with Crippen LogP contribution < -0.4 is 10.1 Å². The van der Waals surface area contributed by atoms with Gasteiger partial charge >= 0.3 is 0 Å². The van der Waals surface area contributed by atoms with Gasteiger partial charge in [-0.3, -0.25) is 0 Å². The van der Waals surface area contributed by atoms with Crippen LogP contribution in [0.4, 0.5) is 0 Å². The normalized spacial score (nSPS) is 10.5. The first-order valence-electron chi connectivity index (χ1n) is 6.95. The zero-order chi connectivity index (χ0) is 14.2. The summed E-state index contributed by atoms with van der Waals surface area (Å²) >= 11 is 2.29. The molecule has 0 amide bonds. The zero-order valence-corrected chi connectivity index (χ0v) is 13.9. The summed E-state index contributed by atoms with van der Waals surface area (Å²) in [6.45, 7) is 4.80. The molecular weight excluding hydrogens is 361 g/mol. The third kappa shape index (κ3) is 5.13. The van der Waals surface area contributed by atoms with Crippen LogP contribution in [0.3, 0.4) is 0 Å². The Bertz CT molecular complexity index is 525. The van der Waals surface area contributed by atoms with Gasteiger partial charge < -0.3 is 10.1 Å². The van der Waals surface area contributed by atoms with Crippen molar-refractivity contribution in [2.45, 2.75) is 26.5 Å². The van der Waals surface area contributed by atoms with Crippen molar-refractivity contribution in [1.82, 2.24) is 5.32 Å². The highest BCUT2D eigenvalue weighted by molar-refractivity contribution is 14.1. The molecule has 20 heavy (non-hydrogen) atoms. The van der Waals surface area contributed by atoms with Crippen LogP contribution in [0.2, 0.25) is 0 Å². The van der Waals surface area contributed by atoms with E-state index in [4.69, 9.17) is 4.74 Å². The first-order chi connectivity index (χ1) is 9.78. The van der Waals surface area contributed by atoms with Crippen molar-refractivity contribution in [2.75, 3.05) is 6.54 Å². The lowest BCUT2D eigenvalue weighted by atomic mass is 10.1. The van der Waals surface area contributed by atoms with Crippen LogP contribution in [-0.4, -0.2) is 6.54 Å². The maximum absolute atomic E-state index is 5.79. The Balaban J connectivity index is 1.84. The van der Waals surface area contributed by atoms with Gasteiger partial charge in [0.1, 0.15) is 12.4 Å². The molecule has 0 atom stereocenters. The van der Waals surface area contributed by atoms with Crippen LogP contribution in [0.15, 0.2) is 48.5 Å². The van der Waals surface area contributed by atoms with Crippen LogP contribution in [0.25, 0.3) is 0 Å². The lowest BCUT2D eigenvalue weighted by Gasteiger charge is -2.08. The van der Waals surface area contributed by atoms with E-state index in [0.717, 1.165) is 18.8 Å². The van der Waals surface area contributed by atoms with E-state index in [2.05, 4.69) is 65.2 Å². The predicted octanol–water partition coefficient (Wildman–Crippen LogP) is 4.37. The van der Waals surface area contributed by atoms with E-state index in [9.17, 15) is 0 Å². The summed E-state index contributed by atoms with van der Waals surface area (Å²) in [5.74, 6) is 0.922. The molecule has 0 aliphatic carbocycles. The lowest BCUT2D eigenvalue weighted by molar-refractivity contribution is 0.306. The molecule has 2 aromatic rings. The van der Waals surface area contributed by atoms with Gasteiger partial charge in [-0.2, -0.15) is 0 Å². The molecule has 0 unspecified atom stereocenters. The monoisotopic (exact) mass is 381 g/mol. The Hall–Kier alpha value is -1.07. The fraction of sp³-hybridized carbons (Fsp3) is 0.294. The summed E-state index contributed by atoms with van der Waals surface area (Å²) in [6.07, 6.45) is 1.17. The molecule has 106 valence electrons. The fourth-order valence-corrected chi connectivity index (χ4v) is 2.40. The van der Waals surface area contributed by atoms with Gasteiger partial charge in [0.2, 0.25) is 0 Å². The summed E-state index contributed by atoms with van der Waals surface area (Å²) in [5, 5.41) is 3.40. The summed E-state index contributed by atoms with van der Waals surface area (Å²) < 4.78 is 6.98. The molecule has 3 heteroatoms. The number of halogens is 1. The van der Waals surface area contributed by atoms with Crippen LogP contribution in [0, 0.1) is 3.57 Å². The molecule has 0 aromatic heterocycles. The van der Waals surface area contributed by atoms with Crippen molar-refractivity contribution in [2.24, 2.45) is 0 Å². The highest BCUT2D eigenvalue weighted by Crippen LogP contribution is 2.16. The van der Waals surface area contributed by atoms with Crippen molar-refractivity contribution < 1.29 is 4.74 Å². The first-order valence-corrected chi connectivity index (χ1v) is 8.02. The second-order valence-electron chi connectivity index (χ2n) is 4.74. The minimum absolute atomic E-state index is 0.614. The van der Waals surface area contributed by atoms with Crippen LogP contribution in [0.1, 0.15) is 24.5 Å². The van der Waals surface area contributed by atoms with Crippen molar-refractivity contribution >= 4 is 22.6 Å². The molecule has 0 radical (unpaired) electrons. The van der Waals surface area contributed by atoms with E-state index in [1.807, 2.05) is 18.2 Å². The van der Waals surface area contributed by atoms with Gasteiger partial charge in [-0.05, 0) is 64.9 Å². The topological polar surface area (TPSA) is 21.3 Å². The second-order valence-corrected chi connectivity index (χ2v) is 5.98. The Morgan fingerprint density at radius 2 is 1.80 bits per heavy atom. The Labute approximate surface area is 134 Å². The third-order valence-corrected chi connectivity index (χ3v) is 3.65. The van der Waals surface area contributed by atoms with Crippen molar-refractivity contribution in [3.05, 3.63) is 63.2 Å². The summed E-state index contributed by atoms with van der Waals surface area (Å²) in [4.78, 5) is 0. The first kappa shape index (κ1) is 15.3. The Morgan fingerprint density at radius 3 is 2.50 bits per heavy atom. The van der Waals surface area contributed by atoms with Gasteiger partial charge in [-0.15, -0.1) is 0 Å². The molecule has 1 N–H and O–H groups in total. The van der Waals surface area contributed by atoms with Gasteiger partial charge in [0.05, 0.1) is 0 Å². The minimum Gasteiger partial charge on any atom is -0.489 e. The third-order valence-electron chi connectivity index (χ3n) is 2.98. The summed E-state index contributed by atoms with van der Waals surface area (Å²) in [6, 6.07) is 16.7. The molecule has 0 spiro atoms. The quantitative estimate of drug-likeness (QED) is 0.568. The zero-order valence-electron chi connectivity index (χ0n) is 11.7. The fourth-order valence-electron chi connectivity index (χ4n) is 1.89. The number of benzene rings is 2. The minimum atomic E-state index is 0.614. The molecule has 2 nitrogen and oxygen atoms in total. The van der Waals surface area contributed by atoms with E-state index < -0.39 is 0 Å². The maximum Gasteiger partial charge on any atom is 0.120 e. The van der Waals surface area contributed by atoms with Crippen LogP contribution >= 0.6 is 22.6 Å². The van der Waals surface area contributed by atoms with E-state index in [1.54, 1.807) is 0 Å². The van der Waals surface area contributed by atoms with E-state index in [-0.39, 0.29) is 0 Å². The molecule has 0 saturated heterocycles. The Morgan fingerprint density at radius 1 is 1.05 bits per heavy atom. The average Bonchev–Trinajstić information content (AvgIpc) is 2.47. The van der Waals surface area contributed by atoms with Crippen molar-refractivity contribution in [1.29, 1.82) is 0 Å². The summed E-state index contributed by atoms with van der Waals surface area (Å²) in [5.41, 5.74) is 2.51. The number of rotatable bonds is 7. The number of hydrogen-bond donors (Lipinski definition) is 1. The molecule has 0 aliphatic heterocycles. The van der Waals surface area contributed by atoms with Crippen molar-refractivity contribution in [3.63, 3.8) is 0 Å². The predicted molar refractivity (Wildman–Crippen MR) is 91.9 cm³/mol. The molecule has 2 aromatic carbocycles. The molecule has 2 rings (SSSR count). The maximum atomic E-state index is 5.79. The van der Waals surface area contributed by atoms with Gasteiger partial charge in [-0.1, -0.05) is 37.3 Å². The van der Waals surface area contributed by atoms with Gasteiger partial charge in [0.15, 0.2) is 0 Å². The van der Waals surface area contributed by atoms with Gasteiger partial charge in [0, 0.05) is 10.1 Å². The highest BCUT2D eigenvalue weighted by atomic mass is 127. The SMILES string of the molecule is CCCNCc1ccc(COc2cccc(I)c2)cc1. The van der Waals surface area contributed by atoms with Crippen LogP contribution in [0.5, 0.6) is 5.75 Å². The van der Waals surface area contributed by atoms with Crippen LogP contribution in [-0.2, 0) is 13.2 Å². The van der Waals surface area contributed by atoms with Gasteiger partial charge in [-0.25, -0.2) is 0 Å². The molecule has 0 bridgehead atoms. The van der Waals surface area contributed by atoms with Gasteiger partial charge in [0.25, 0.3) is 0 Å². The molecule has 0 heterocycles. The number of hydrogen-bond acceptors (Lipinski definition) is 2. The molecule has 0 aliphatic rings. The van der Waals surface area contributed by atoms with E-state index >= 15 is 0 Å². The lowest BCUT2D eigenvalue weighted by Crippen LogP contribution is -2.13. The second kappa shape index (κ2) is 8.27. The largest absolute Gasteiger partial charge is 0.489 e. The standard InChI is InChI=1S/C17H20INO/c1-2-10-19-12-14-6-8-15(9-7-14)13-20-17-5-3-4-16(18)11-17/h3-9,11,19H,2,10,12-13H2,1H3. The van der Waals surface area contributed by atoms with E-state index in [1.165, 1.54) is 21.1 Å². The van der Waals surface area contributed by atoms with Crippen molar-refractivity contribution in [3.8, 4) is 5.75 Å². The van der Waals surface area contributed by atoms with E-state index in [0.29, 0.717) is 6.61 Å². The highest BCUT2D eigenvalue weighted by Gasteiger charge is 1.98.